The molecule has 0 atom stereocenters. The van der Waals surface area contributed by atoms with Gasteiger partial charge in [-0.1, -0.05) is 24.2 Å². The maximum Gasteiger partial charge on any atom is 0.264 e. The molecule has 0 aliphatic heterocycles. The van der Waals surface area contributed by atoms with Crippen molar-refractivity contribution in [3.63, 3.8) is 0 Å². The summed E-state index contributed by atoms with van der Waals surface area (Å²) in [5.74, 6) is 2.47. The largest absolute Gasteiger partial charge is 0.493 e. The van der Waals surface area contributed by atoms with Gasteiger partial charge in [0, 0.05) is 6.42 Å². The highest BCUT2D eigenvalue weighted by atomic mass is 16.5. The number of methoxy groups -OCH3 is 1. The van der Waals surface area contributed by atoms with E-state index in [0.717, 1.165) is 18.4 Å². The summed E-state index contributed by atoms with van der Waals surface area (Å²) < 4.78 is 16.2. The molecule has 6 heteroatoms. The van der Waals surface area contributed by atoms with Crippen LogP contribution in [0.25, 0.3) is 0 Å². The molecule has 1 aromatic carbocycles. The van der Waals surface area contributed by atoms with Crippen LogP contribution >= 0.6 is 0 Å². The molecule has 0 saturated carbocycles. The minimum Gasteiger partial charge on any atom is -0.493 e. The summed E-state index contributed by atoms with van der Waals surface area (Å²) in [5, 5.41) is 3.83. The topological polar surface area (TPSA) is 83.4 Å². The van der Waals surface area contributed by atoms with Crippen molar-refractivity contribution in [3.05, 3.63) is 35.5 Å². The lowest BCUT2D eigenvalue weighted by atomic mass is 10.1. The lowest BCUT2D eigenvalue weighted by Crippen LogP contribution is -2.06. The van der Waals surface area contributed by atoms with Crippen molar-refractivity contribution in [3.8, 4) is 11.5 Å². The molecule has 0 fully saturated rings. The molecule has 0 aliphatic carbocycles. The van der Waals surface area contributed by atoms with E-state index >= 15 is 0 Å². The number of para-hydroxylation sites is 1. The van der Waals surface area contributed by atoms with Crippen molar-refractivity contribution in [2.24, 2.45) is 5.73 Å². The summed E-state index contributed by atoms with van der Waals surface area (Å²) in [6, 6.07) is 5.73. The number of hydrogen-bond donors (Lipinski definition) is 1. The molecule has 0 radical (unpaired) electrons. The predicted octanol–water partition coefficient (Wildman–Crippen LogP) is 1.72. The minimum atomic E-state index is 0.213. The van der Waals surface area contributed by atoms with E-state index < -0.39 is 0 Å². The molecule has 20 heavy (non-hydrogen) atoms. The number of rotatable bonds is 7. The van der Waals surface area contributed by atoms with E-state index in [1.54, 1.807) is 7.11 Å². The zero-order chi connectivity index (χ0) is 14.4. The Labute approximate surface area is 117 Å². The number of aromatic nitrogens is 2. The molecule has 108 valence electrons. The van der Waals surface area contributed by atoms with Crippen LogP contribution in [0.1, 0.15) is 24.2 Å². The number of nitrogens with zero attached hydrogens (tertiary/aromatic N) is 2. The van der Waals surface area contributed by atoms with Crippen LogP contribution in [0.5, 0.6) is 11.5 Å². The quantitative estimate of drug-likeness (QED) is 0.829. The van der Waals surface area contributed by atoms with Crippen LogP contribution in [0.15, 0.2) is 22.7 Å². The number of aryl methyl sites for hydroxylation is 1. The average Bonchev–Trinajstić information content (AvgIpc) is 2.94. The van der Waals surface area contributed by atoms with E-state index in [1.165, 1.54) is 0 Å². The first-order valence-corrected chi connectivity index (χ1v) is 6.58. The molecule has 2 N–H and O–H groups in total. The van der Waals surface area contributed by atoms with Gasteiger partial charge in [-0.15, -0.1) is 0 Å². The van der Waals surface area contributed by atoms with Crippen LogP contribution in [0, 0.1) is 0 Å². The fourth-order valence-corrected chi connectivity index (χ4v) is 1.86. The van der Waals surface area contributed by atoms with Gasteiger partial charge in [0.15, 0.2) is 23.9 Å². The summed E-state index contributed by atoms with van der Waals surface area (Å²) in [7, 11) is 1.61. The van der Waals surface area contributed by atoms with Gasteiger partial charge in [-0.2, -0.15) is 4.98 Å². The molecule has 1 aromatic heterocycles. The monoisotopic (exact) mass is 277 g/mol. The fourth-order valence-electron chi connectivity index (χ4n) is 1.86. The third-order valence-electron chi connectivity index (χ3n) is 2.86. The van der Waals surface area contributed by atoms with Gasteiger partial charge >= 0.3 is 0 Å². The standard InChI is InChI=1S/C14H19N3O3/c1-3-12-16-13(20-17-12)9-19-14-10(7-8-15)5-4-6-11(14)18-2/h4-6H,3,7-9,15H2,1-2H3. The molecule has 0 spiro atoms. The van der Waals surface area contributed by atoms with Gasteiger partial charge in [0.2, 0.25) is 0 Å². The maximum absolute atomic E-state index is 5.78. The second-order valence-corrected chi connectivity index (χ2v) is 4.23. The number of ether oxygens (including phenoxy) is 2. The summed E-state index contributed by atoms with van der Waals surface area (Å²) in [5.41, 5.74) is 6.61. The van der Waals surface area contributed by atoms with Crippen LogP contribution in [-0.4, -0.2) is 23.8 Å². The average molecular weight is 277 g/mol. The summed E-state index contributed by atoms with van der Waals surface area (Å²) >= 11 is 0. The van der Waals surface area contributed by atoms with Gasteiger partial charge in [0.25, 0.3) is 5.89 Å². The van der Waals surface area contributed by atoms with Gasteiger partial charge in [-0.3, -0.25) is 0 Å². The van der Waals surface area contributed by atoms with Crippen molar-refractivity contribution in [1.29, 1.82) is 0 Å². The summed E-state index contributed by atoms with van der Waals surface area (Å²) in [6.45, 7) is 2.73. The van der Waals surface area contributed by atoms with Gasteiger partial charge in [-0.25, -0.2) is 0 Å². The van der Waals surface area contributed by atoms with Gasteiger partial charge < -0.3 is 19.7 Å². The van der Waals surface area contributed by atoms with E-state index in [4.69, 9.17) is 19.7 Å². The second-order valence-electron chi connectivity index (χ2n) is 4.23. The highest BCUT2D eigenvalue weighted by Gasteiger charge is 2.12. The fraction of sp³-hybridized carbons (Fsp3) is 0.429. The SMILES string of the molecule is CCc1noc(COc2c(CCN)cccc2OC)n1. The first-order chi connectivity index (χ1) is 9.78. The predicted molar refractivity (Wildman–Crippen MR) is 73.8 cm³/mol. The highest BCUT2D eigenvalue weighted by Crippen LogP contribution is 2.31. The first kappa shape index (κ1) is 14.3. The second kappa shape index (κ2) is 6.91. The molecule has 1 heterocycles. The Morgan fingerprint density at radius 1 is 1.35 bits per heavy atom. The first-order valence-electron chi connectivity index (χ1n) is 6.58. The van der Waals surface area contributed by atoms with E-state index in [9.17, 15) is 0 Å². The van der Waals surface area contributed by atoms with Crippen LogP contribution in [0.3, 0.4) is 0 Å². The molecule has 6 nitrogen and oxygen atoms in total. The van der Waals surface area contributed by atoms with Crippen molar-refractivity contribution in [2.75, 3.05) is 13.7 Å². The van der Waals surface area contributed by atoms with Gasteiger partial charge in [0.1, 0.15) is 0 Å². The normalized spacial score (nSPS) is 10.6. The Balaban J connectivity index is 2.14. The van der Waals surface area contributed by atoms with Crippen molar-refractivity contribution in [2.45, 2.75) is 26.4 Å². The molecule has 2 aromatic rings. The summed E-state index contributed by atoms with van der Waals surface area (Å²) in [4.78, 5) is 4.21. The number of benzene rings is 1. The summed E-state index contributed by atoms with van der Waals surface area (Å²) in [6.07, 6.45) is 1.45. The Morgan fingerprint density at radius 3 is 2.85 bits per heavy atom. The van der Waals surface area contributed by atoms with Crippen molar-refractivity contribution in [1.82, 2.24) is 10.1 Å². The molecular formula is C14H19N3O3. The van der Waals surface area contributed by atoms with Crippen LogP contribution < -0.4 is 15.2 Å². The Morgan fingerprint density at radius 2 is 2.20 bits per heavy atom. The Bertz CT molecular complexity index is 554. The van der Waals surface area contributed by atoms with Crippen LogP contribution in [-0.2, 0) is 19.4 Å². The smallest absolute Gasteiger partial charge is 0.264 e. The molecule has 0 saturated heterocycles. The molecule has 0 unspecified atom stereocenters. The van der Waals surface area contributed by atoms with Crippen LogP contribution in [0.4, 0.5) is 0 Å². The molecule has 0 aliphatic rings. The zero-order valence-electron chi connectivity index (χ0n) is 11.8. The molecule has 2 rings (SSSR count). The lowest BCUT2D eigenvalue weighted by molar-refractivity contribution is 0.231. The highest BCUT2D eigenvalue weighted by molar-refractivity contribution is 5.46. The van der Waals surface area contributed by atoms with Crippen molar-refractivity contribution >= 4 is 0 Å². The Kier molecular flexibility index (Phi) is 4.95. The lowest BCUT2D eigenvalue weighted by Gasteiger charge is -2.13. The zero-order valence-corrected chi connectivity index (χ0v) is 11.8. The van der Waals surface area contributed by atoms with Crippen LogP contribution in [0.2, 0.25) is 0 Å². The van der Waals surface area contributed by atoms with Gasteiger partial charge in [-0.05, 0) is 24.6 Å². The van der Waals surface area contributed by atoms with E-state index in [2.05, 4.69) is 10.1 Å². The van der Waals surface area contributed by atoms with E-state index in [-0.39, 0.29) is 6.61 Å². The Hall–Kier alpha value is -2.08. The third kappa shape index (κ3) is 3.27. The third-order valence-corrected chi connectivity index (χ3v) is 2.86. The maximum atomic E-state index is 5.78. The van der Waals surface area contributed by atoms with Gasteiger partial charge in [0.05, 0.1) is 7.11 Å². The minimum absolute atomic E-state index is 0.213. The number of hydrogen-bond acceptors (Lipinski definition) is 6. The van der Waals surface area contributed by atoms with E-state index in [0.29, 0.717) is 29.8 Å². The molecular weight excluding hydrogens is 258 g/mol. The van der Waals surface area contributed by atoms with E-state index in [1.807, 2.05) is 25.1 Å². The molecule has 0 bridgehead atoms. The molecule has 0 amide bonds. The van der Waals surface area contributed by atoms with Crippen molar-refractivity contribution < 1.29 is 14.0 Å². The number of nitrogens with two attached hydrogens (primary N) is 1.